The van der Waals surface area contributed by atoms with Crippen LogP contribution in [0.15, 0.2) is 29.2 Å². The average molecular weight is 258 g/mol. The Morgan fingerprint density at radius 3 is 2.24 bits per heavy atom. The molecule has 6 heteroatoms. The van der Waals surface area contributed by atoms with Crippen molar-refractivity contribution in [3.8, 4) is 0 Å². The Balaban J connectivity index is 2.70. The number of sulfonamides is 1. The van der Waals surface area contributed by atoms with Gasteiger partial charge in [-0.25, -0.2) is 13.6 Å². The summed E-state index contributed by atoms with van der Waals surface area (Å²) in [6, 6.07) is 6.19. The van der Waals surface area contributed by atoms with Crippen LogP contribution in [0.2, 0.25) is 0 Å². The zero-order valence-electron chi connectivity index (χ0n) is 9.97. The van der Waals surface area contributed by atoms with Gasteiger partial charge in [-0.1, -0.05) is 13.8 Å². The Labute approximate surface area is 102 Å². The third-order valence-electron chi connectivity index (χ3n) is 2.38. The molecule has 0 heterocycles. The first kappa shape index (κ1) is 14.0. The van der Waals surface area contributed by atoms with Gasteiger partial charge >= 0.3 is 0 Å². The summed E-state index contributed by atoms with van der Waals surface area (Å²) in [6.45, 7) is 4.53. The largest absolute Gasteiger partial charge is 0.396 e. The monoisotopic (exact) mass is 258 g/mol. The van der Waals surface area contributed by atoms with Gasteiger partial charge in [-0.2, -0.15) is 0 Å². The van der Waals surface area contributed by atoms with Crippen LogP contribution in [0, 0.1) is 5.41 Å². The lowest BCUT2D eigenvalue weighted by molar-refractivity contribution is 0.171. The standard InChI is InChI=1S/C11H18N2O3S/c1-11(2,8-14)7-13-9-3-5-10(6-4-9)17(12,15)16/h3-6,13-14H,7-8H2,1-2H3,(H2,12,15,16). The number of aliphatic hydroxyl groups is 1. The van der Waals surface area contributed by atoms with Crippen molar-refractivity contribution in [3.05, 3.63) is 24.3 Å². The van der Waals surface area contributed by atoms with E-state index in [1.165, 1.54) is 12.1 Å². The fraction of sp³-hybridized carbons (Fsp3) is 0.455. The second-order valence-corrected chi connectivity index (χ2v) is 6.31. The minimum absolute atomic E-state index is 0.0786. The van der Waals surface area contributed by atoms with Gasteiger partial charge in [-0.05, 0) is 24.3 Å². The van der Waals surface area contributed by atoms with E-state index in [1.54, 1.807) is 12.1 Å². The molecule has 0 radical (unpaired) electrons. The molecule has 0 aliphatic rings. The minimum atomic E-state index is -3.64. The van der Waals surface area contributed by atoms with Crippen LogP contribution in [0.5, 0.6) is 0 Å². The number of rotatable bonds is 5. The Morgan fingerprint density at radius 1 is 1.29 bits per heavy atom. The lowest BCUT2D eigenvalue weighted by atomic mass is 9.95. The van der Waals surface area contributed by atoms with Crippen molar-refractivity contribution < 1.29 is 13.5 Å². The predicted octanol–water partition coefficient (Wildman–Crippen LogP) is 0.764. The summed E-state index contributed by atoms with van der Waals surface area (Å²) in [5.41, 5.74) is 0.567. The summed E-state index contributed by atoms with van der Waals surface area (Å²) >= 11 is 0. The molecule has 0 aromatic heterocycles. The fourth-order valence-corrected chi connectivity index (χ4v) is 1.68. The highest BCUT2D eigenvalue weighted by Crippen LogP contribution is 2.17. The third kappa shape index (κ3) is 4.33. The smallest absolute Gasteiger partial charge is 0.238 e. The van der Waals surface area contributed by atoms with E-state index in [2.05, 4.69) is 5.32 Å². The van der Waals surface area contributed by atoms with Gasteiger partial charge in [0.25, 0.3) is 0 Å². The van der Waals surface area contributed by atoms with Gasteiger partial charge < -0.3 is 10.4 Å². The number of benzene rings is 1. The molecule has 5 nitrogen and oxygen atoms in total. The van der Waals surface area contributed by atoms with Crippen LogP contribution in [0.4, 0.5) is 5.69 Å². The maximum atomic E-state index is 11.0. The first-order valence-corrected chi connectivity index (χ1v) is 6.77. The Morgan fingerprint density at radius 2 is 1.82 bits per heavy atom. The van der Waals surface area contributed by atoms with Gasteiger partial charge in [0.15, 0.2) is 0 Å². The molecule has 1 rings (SSSR count). The Kier molecular flexibility index (Phi) is 4.13. The molecule has 0 bridgehead atoms. The molecule has 17 heavy (non-hydrogen) atoms. The number of anilines is 1. The highest BCUT2D eigenvalue weighted by molar-refractivity contribution is 7.89. The molecule has 0 saturated heterocycles. The van der Waals surface area contributed by atoms with E-state index < -0.39 is 10.0 Å². The molecule has 1 aromatic rings. The summed E-state index contributed by atoms with van der Waals surface area (Å²) in [7, 11) is -3.64. The molecule has 0 amide bonds. The molecule has 0 saturated carbocycles. The molecule has 0 fully saturated rings. The van der Waals surface area contributed by atoms with Crippen LogP contribution >= 0.6 is 0 Å². The maximum Gasteiger partial charge on any atom is 0.238 e. The van der Waals surface area contributed by atoms with Gasteiger partial charge in [0.1, 0.15) is 0 Å². The molecule has 0 spiro atoms. The summed E-state index contributed by atoms with van der Waals surface area (Å²) in [4.78, 5) is 0.0875. The van der Waals surface area contributed by atoms with Gasteiger partial charge in [0.05, 0.1) is 4.90 Å². The molecule has 0 atom stereocenters. The number of nitrogens with two attached hydrogens (primary N) is 1. The highest BCUT2D eigenvalue weighted by Gasteiger charge is 2.15. The summed E-state index contributed by atoms with van der Waals surface area (Å²) in [5, 5.41) is 17.2. The molecular formula is C11H18N2O3S. The van der Waals surface area contributed by atoms with Crippen LogP contribution in [0.25, 0.3) is 0 Å². The second kappa shape index (κ2) is 5.03. The van der Waals surface area contributed by atoms with Crippen LogP contribution < -0.4 is 10.5 Å². The molecule has 4 N–H and O–H groups in total. The average Bonchev–Trinajstić information content (AvgIpc) is 2.26. The molecule has 0 aliphatic carbocycles. The van der Waals surface area contributed by atoms with E-state index in [-0.39, 0.29) is 16.9 Å². The zero-order chi connectivity index (χ0) is 13.1. The van der Waals surface area contributed by atoms with E-state index in [0.29, 0.717) is 6.54 Å². The normalized spacial score (nSPS) is 12.5. The fourth-order valence-electron chi connectivity index (χ4n) is 1.16. The highest BCUT2D eigenvalue weighted by atomic mass is 32.2. The van der Waals surface area contributed by atoms with Crippen molar-refractivity contribution >= 4 is 15.7 Å². The Bertz CT molecular complexity index is 466. The molecule has 0 unspecified atom stereocenters. The van der Waals surface area contributed by atoms with Crippen LogP contribution in [-0.4, -0.2) is 26.7 Å². The summed E-state index contributed by atoms with van der Waals surface area (Å²) in [5.74, 6) is 0. The first-order chi connectivity index (χ1) is 7.74. The van der Waals surface area contributed by atoms with Crippen molar-refractivity contribution in [3.63, 3.8) is 0 Å². The van der Waals surface area contributed by atoms with E-state index in [1.807, 2.05) is 13.8 Å². The third-order valence-corrected chi connectivity index (χ3v) is 3.31. The van der Waals surface area contributed by atoms with Crippen molar-refractivity contribution in [1.29, 1.82) is 0 Å². The summed E-state index contributed by atoms with van der Waals surface area (Å²) in [6.07, 6.45) is 0. The van der Waals surface area contributed by atoms with Gasteiger partial charge in [-0.15, -0.1) is 0 Å². The quantitative estimate of drug-likeness (QED) is 0.727. The van der Waals surface area contributed by atoms with E-state index in [0.717, 1.165) is 5.69 Å². The van der Waals surface area contributed by atoms with Crippen molar-refractivity contribution in [2.45, 2.75) is 18.7 Å². The predicted molar refractivity (Wildman–Crippen MR) is 67.2 cm³/mol. The van der Waals surface area contributed by atoms with Gasteiger partial charge in [0, 0.05) is 24.3 Å². The molecular weight excluding hydrogens is 240 g/mol. The van der Waals surface area contributed by atoms with Crippen molar-refractivity contribution in [2.24, 2.45) is 10.6 Å². The maximum absolute atomic E-state index is 11.0. The molecule has 1 aromatic carbocycles. The topological polar surface area (TPSA) is 92.4 Å². The van der Waals surface area contributed by atoms with Crippen molar-refractivity contribution in [2.75, 3.05) is 18.5 Å². The minimum Gasteiger partial charge on any atom is -0.396 e. The SMILES string of the molecule is CC(C)(CO)CNc1ccc(S(N)(=O)=O)cc1. The van der Waals surface area contributed by atoms with Crippen molar-refractivity contribution in [1.82, 2.24) is 0 Å². The second-order valence-electron chi connectivity index (χ2n) is 4.75. The molecule has 96 valence electrons. The van der Waals surface area contributed by atoms with Gasteiger partial charge in [0.2, 0.25) is 10.0 Å². The van der Waals surface area contributed by atoms with Crippen LogP contribution in [0.1, 0.15) is 13.8 Å². The van der Waals surface area contributed by atoms with E-state index in [4.69, 9.17) is 10.2 Å². The van der Waals surface area contributed by atoms with Crippen LogP contribution in [-0.2, 0) is 10.0 Å². The lowest BCUT2D eigenvalue weighted by Crippen LogP contribution is -2.26. The zero-order valence-corrected chi connectivity index (χ0v) is 10.8. The number of hydrogen-bond donors (Lipinski definition) is 3. The van der Waals surface area contributed by atoms with E-state index >= 15 is 0 Å². The lowest BCUT2D eigenvalue weighted by Gasteiger charge is -2.22. The van der Waals surface area contributed by atoms with Gasteiger partial charge in [-0.3, -0.25) is 0 Å². The first-order valence-electron chi connectivity index (χ1n) is 5.22. The number of nitrogens with one attached hydrogen (secondary N) is 1. The summed E-state index contributed by atoms with van der Waals surface area (Å²) < 4.78 is 22.1. The van der Waals surface area contributed by atoms with Crippen LogP contribution in [0.3, 0.4) is 0 Å². The Hall–Kier alpha value is -1.11. The number of aliphatic hydroxyl groups excluding tert-OH is 1. The number of hydrogen-bond acceptors (Lipinski definition) is 4. The molecule has 0 aliphatic heterocycles. The number of primary sulfonamides is 1. The van der Waals surface area contributed by atoms with E-state index in [9.17, 15) is 8.42 Å².